The van der Waals surface area contributed by atoms with Gasteiger partial charge in [0.25, 0.3) is 5.91 Å². The summed E-state index contributed by atoms with van der Waals surface area (Å²) in [7, 11) is 1.38. The number of aldehydes is 1. The van der Waals surface area contributed by atoms with Crippen LogP contribution in [0.2, 0.25) is 0 Å². The average molecular weight is 284 g/mol. The zero-order chi connectivity index (χ0) is 14.2. The Morgan fingerprint density at radius 1 is 1.37 bits per heavy atom. The molecule has 19 heavy (non-hydrogen) atoms. The standard InChI is InChI=1S/C12H10F2N2O2S/c1-16-12(18)7(5-17)10(15-16)6-3-8(13)11(19-2)9(14)4-6/h3-5,7H,1-2H3. The number of hydrogen-bond donors (Lipinski definition) is 0. The van der Waals surface area contributed by atoms with Gasteiger partial charge in [0.15, 0.2) is 0 Å². The first kappa shape index (κ1) is 13.7. The monoisotopic (exact) mass is 284 g/mol. The first-order valence-corrected chi connectivity index (χ1v) is 6.56. The molecule has 0 spiro atoms. The number of amides is 1. The van der Waals surface area contributed by atoms with Crippen LogP contribution in [0.15, 0.2) is 22.1 Å². The first-order valence-electron chi connectivity index (χ1n) is 5.34. The second-order valence-electron chi connectivity index (χ2n) is 3.93. The summed E-state index contributed by atoms with van der Waals surface area (Å²) < 4.78 is 27.4. The number of rotatable bonds is 3. The Labute approximate surface area is 112 Å². The molecule has 0 aliphatic carbocycles. The first-order chi connectivity index (χ1) is 8.99. The largest absolute Gasteiger partial charge is 0.302 e. The van der Waals surface area contributed by atoms with Gasteiger partial charge in [-0.1, -0.05) is 0 Å². The molecule has 0 fully saturated rings. The summed E-state index contributed by atoms with van der Waals surface area (Å²) in [6.45, 7) is 0. The van der Waals surface area contributed by atoms with Crippen molar-refractivity contribution in [3.63, 3.8) is 0 Å². The number of hydrazone groups is 1. The van der Waals surface area contributed by atoms with Crippen LogP contribution in [-0.2, 0) is 9.59 Å². The number of carbonyl (C=O) groups excluding carboxylic acids is 2. The Balaban J connectivity index is 2.51. The van der Waals surface area contributed by atoms with Crippen molar-refractivity contribution < 1.29 is 18.4 Å². The van der Waals surface area contributed by atoms with Gasteiger partial charge in [0.05, 0.1) is 10.6 Å². The average Bonchev–Trinajstić information content (AvgIpc) is 2.65. The third-order valence-electron chi connectivity index (χ3n) is 2.77. The minimum absolute atomic E-state index is 0.0629. The maximum absolute atomic E-state index is 13.7. The van der Waals surface area contributed by atoms with Crippen LogP contribution in [0.25, 0.3) is 0 Å². The molecule has 0 N–H and O–H groups in total. The lowest BCUT2D eigenvalue weighted by Gasteiger charge is -2.07. The molecule has 1 amide bonds. The zero-order valence-electron chi connectivity index (χ0n) is 10.2. The molecule has 1 aromatic rings. The van der Waals surface area contributed by atoms with Gasteiger partial charge in [-0.05, 0) is 18.4 Å². The van der Waals surface area contributed by atoms with Crippen LogP contribution in [0.1, 0.15) is 5.56 Å². The molecule has 0 aromatic heterocycles. The SMILES string of the molecule is CSc1c(F)cc(C2=NN(C)C(=O)C2C=O)cc1F. The van der Waals surface area contributed by atoms with E-state index in [0.29, 0.717) is 6.29 Å². The molecule has 2 rings (SSSR count). The van der Waals surface area contributed by atoms with Crippen molar-refractivity contribution in [3.8, 4) is 0 Å². The normalized spacial score (nSPS) is 18.7. The van der Waals surface area contributed by atoms with Gasteiger partial charge in [-0.3, -0.25) is 4.79 Å². The number of nitrogens with zero attached hydrogens (tertiary/aromatic N) is 2. The quantitative estimate of drug-likeness (QED) is 0.482. The van der Waals surface area contributed by atoms with Gasteiger partial charge in [-0.2, -0.15) is 5.10 Å². The van der Waals surface area contributed by atoms with Crippen LogP contribution in [0.4, 0.5) is 8.78 Å². The van der Waals surface area contributed by atoms with E-state index in [2.05, 4.69) is 5.10 Å². The van der Waals surface area contributed by atoms with Gasteiger partial charge in [0, 0.05) is 12.6 Å². The predicted molar refractivity (Wildman–Crippen MR) is 67.0 cm³/mol. The van der Waals surface area contributed by atoms with E-state index in [0.717, 1.165) is 28.9 Å². The summed E-state index contributed by atoms with van der Waals surface area (Å²) in [6.07, 6.45) is 1.97. The number of halogens is 2. The highest BCUT2D eigenvalue weighted by Gasteiger charge is 2.35. The van der Waals surface area contributed by atoms with Crippen LogP contribution >= 0.6 is 11.8 Å². The molecule has 7 heteroatoms. The Morgan fingerprint density at radius 2 is 1.95 bits per heavy atom. The minimum atomic E-state index is -1.11. The van der Waals surface area contributed by atoms with Crippen LogP contribution in [-0.4, -0.2) is 36.2 Å². The summed E-state index contributed by atoms with van der Waals surface area (Å²) in [5.41, 5.74) is 0.163. The van der Waals surface area contributed by atoms with Crippen molar-refractivity contribution in [2.45, 2.75) is 4.90 Å². The lowest BCUT2D eigenvalue weighted by molar-refractivity contribution is -0.132. The van der Waals surface area contributed by atoms with E-state index in [9.17, 15) is 18.4 Å². The Hall–Kier alpha value is -1.76. The van der Waals surface area contributed by atoms with Crippen molar-refractivity contribution in [1.82, 2.24) is 5.01 Å². The molecule has 0 bridgehead atoms. The van der Waals surface area contributed by atoms with Gasteiger partial charge < -0.3 is 4.79 Å². The molecule has 0 saturated heterocycles. The highest BCUT2D eigenvalue weighted by atomic mass is 32.2. The van der Waals surface area contributed by atoms with Gasteiger partial charge in [0.1, 0.15) is 23.8 Å². The van der Waals surface area contributed by atoms with Crippen LogP contribution in [0, 0.1) is 17.6 Å². The highest BCUT2D eigenvalue weighted by molar-refractivity contribution is 7.98. The van der Waals surface area contributed by atoms with Crippen molar-refractivity contribution in [2.24, 2.45) is 11.0 Å². The Kier molecular flexibility index (Phi) is 3.66. The van der Waals surface area contributed by atoms with Gasteiger partial charge in [-0.25, -0.2) is 13.8 Å². The predicted octanol–water partition coefficient (Wildman–Crippen LogP) is 1.68. The van der Waals surface area contributed by atoms with E-state index in [-0.39, 0.29) is 16.2 Å². The summed E-state index contributed by atoms with van der Waals surface area (Å²) in [5.74, 6) is -3.10. The number of benzene rings is 1. The fourth-order valence-electron chi connectivity index (χ4n) is 1.85. The van der Waals surface area contributed by atoms with Crippen LogP contribution < -0.4 is 0 Å². The van der Waals surface area contributed by atoms with Crippen LogP contribution in [0.5, 0.6) is 0 Å². The van der Waals surface area contributed by atoms with Crippen molar-refractivity contribution in [2.75, 3.05) is 13.3 Å². The fraction of sp³-hybridized carbons (Fsp3) is 0.250. The van der Waals surface area contributed by atoms with E-state index < -0.39 is 23.5 Å². The number of thioether (sulfide) groups is 1. The van der Waals surface area contributed by atoms with E-state index in [1.807, 2.05) is 0 Å². The molecule has 1 aromatic carbocycles. The molecular formula is C12H10F2N2O2S. The number of hydrogen-bond acceptors (Lipinski definition) is 4. The summed E-state index contributed by atoms with van der Waals surface area (Å²) in [4.78, 5) is 22.4. The molecule has 1 aliphatic rings. The molecule has 1 aliphatic heterocycles. The highest BCUT2D eigenvalue weighted by Crippen LogP contribution is 2.27. The molecule has 4 nitrogen and oxygen atoms in total. The fourth-order valence-corrected chi connectivity index (χ4v) is 2.36. The maximum atomic E-state index is 13.7. The molecular weight excluding hydrogens is 274 g/mol. The van der Waals surface area contributed by atoms with E-state index in [1.165, 1.54) is 7.05 Å². The molecule has 100 valence electrons. The van der Waals surface area contributed by atoms with Gasteiger partial charge >= 0.3 is 0 Å². The zero-order valence-corrected chi connectivity index (χ0v) is 11.0. The number of carbonyl (C=O) groups is 2. The second kappa shape index (κ2) is 5.08. The molecule has 0 saturated carbocycles. The third kappa shape index (κ3) is 2.25. The third-order valence-corrected chi connectivity index (χ3v) is 3.57. The lowest BCUT2D eigenvalue weighted by atomic mass is 9.98. The summed E-state index contributed by atoms with van der Waals surface area (Å²) >= 11 is 0.944. The van der Waals surface area contributed by atoms with Crippen LogP contribution in [0.3, 0.4) is 0 Å². The molecule has 0 radical (unpaired) electrons. The van der Waals surface area contributed by atoms with Gasteiger partial charge in [-0.15, -0.1) is 11.8 Å². The molecule has 1 atom stereocenters. The smallest absolute Gasteiger partial charge is 0.258 e. The minimum Gasteiger partial charge on any atom is -0.302 e. The maximum Gasteiger partial charge on any atom is 0.258 e. The topological polar surface area (TPSA) is 49.7 Å². The molecule has 1 heterocycles. The summed E-state index contributed by atoms with van der Waals surface area (Å²) in [6, 6.07) is 2.16. The van der Waals surface area contributed by atoms with Crippen molar-refractivity contribution in [1.29, 1.82) is 0 Å². The Bertz CT molecular complexity index is 566. The molecule has 1 unspecified atom stereocenters. The second-order valence-corrected chi connectivity index (χ2v) is 4.75. The van der Waals surface area contributed by atoms with E-state index >= 15 is 0 Å². The van der Waals surface area contributed by atoms with E-state index in [4.69, 9.17) is 0 Å². The Morgan fingerprint density at radius 3 is 2.42 bits per heavy atom. The lowest BCUT2D eigenvalue weighted by Crippen LogP contribution is -2.26. The van der Waals surface area contributed by atoms with Gasteiger partial charge in [0.2, 0.25) is 0 Å². The van der Waals surface area contributed by atoms with Crippen molar-refractivity contribution >= 4 is 29.7 Å². The van der Waals surface area contributed by atoms with Crippen molar-refractivity contribution in [3.05, 3.63) is 29.3 Å². The summed E-state index contributed by atoms with van der Waals surface area (Å²) in [5, 5.41) is 4.85. The van der Waals surface area contributed by atoms with E-state index in [1.54, 1.807) is 6.26 Å².